The Morgan fingerprint density at radius 1 is 0.794 bits per heavy atom. The van der Waals surface area contributed by atoms with Gasteiger partial charge in [-0.2, -0.15) is 0 Å². The zero-order chi connectivity index (χ0) is 24.7. The van der Waals surface area contributed by atoms with E-state index >= 15 is 0 Å². The number of rotatable bonds is 7. The van der Waals surface area contributed by atoms with Gasteiger partial charge < -0.3 is 4.57 Å². The molecular weight excluding hydrogens is 410 g/mol. The lowest BCUT2D eigenvalue weighted by molar-refractivity contribution is 0.401. The number of hydrogen-bond donors (Lipinski definition) is 0. The second kappa shape index (κ2) is 9.40. The van der Waals surface area contributed by atoms with Crippen molar-refractivity contribution < 1.29 is 0 Å². The van der Waals surface area contributed by atoms with Gasteiger partial charge in [-0.25, -0.2) is 0 Å². The molecule has 1 aromatic heterocycles. The van der Waals surface area contributed by atoms with E-state index in [9.17, 15) is 0 Å². The van der Waals surface area contributed by atoms with E-state index in [1.54, 1.807) is 0 Å². The van der Waals surface area contributed by atoms with Crippen LogP contribution in [-0.4, -0.2) is 4.57 Å². The van der Waals surface area contributed by atoms with Gasteiger partial charge in [0.1, 0.15) is 0 Å². The molecule has 3 aromatic rings. The Morgan fingerprint density at radius 3 is 1.82 bits per heavy atom. The lowest BCUT2D eigenvalue weighted by Crippen LogP contribution is -2.10. The summed E-state index contributed by atoms with van der Waals surface area (Å²) in [5.41, 5.74) is 5.88. The molecule has 0 aliphatic heterocycles. The van der Waals surface area contributed by atoms with Gasteiger partial charge in [-0.05, 0) is 89.7 Å². The summed E-state index contributed by atoms with van der Waals surface area (Å²) in [5.74, 6) is 2.13. The fraction of sp³-hybridized carbons (Fsp3) is 0.515. The lowest BCUT2D eigenvalue weighted by Gasteiger charge is -2.19. The molecule has 3 atom stereocenters. The van der Waals surface area contributed by atoms with Crippen LogP contribution in [0.4, 0.5) is 0 Å². The van der Waals surface area contributed by atoms with Crippen molar-refractivity contribution in [2.24, 2.45) is 17.8 Å². The van der Waals surface area contributed by atoms with E-state index < -0.39 is 0 Å². The fourth-order valence-corrected chi connectivity index (χ4v) is 5.97. The van der Waals surface area contributed by atoms with E-state index in [-0.39, 0.29) is 10.8 Å². The average molecular weight is 456 g/mol. The molecule has 34 heavy (non-hydrogen) atoms. The fourth-order valence-electron chi connectivity index (χ4n) is 5.97. The maximum atomic E-state index is 4.11. The van der Waals surface area contributed by atoms with Crippen LogP contribution in [0.25, 0.3) is 21.8 Å². The van der Waals surface area contributed by atoms with Crippen LogP contribution in [0.2, 0.25) is 0 Å². The van der Waals surface area contributed by atoms with Gasteiger partial charge >= 0.3 is 0 Å². The number of unbranched alkanes of at least 4 members (excludes halogenated alkanes) is 1. The van der Waals surface area contributed by atoms with Crippen LogP contribution < -0.4 is 0 Å². The second-order valence-corrected chi connectivity index (χ2v) is 12.7. The van der Waals surface area contributed by atoms with Crippen LogP contribution >= 0.6 is 0 Å². The Labute approximate surface area is 207 Å². The normalized spacial score (nSPS) is 21.4. The average Bonchev–Trinajstić information content (AvgIpc) is 3.33. The van der Waals surface area contributed by atoms with Crippen LogP contribution in [0, 0.1) is 17.8 Å². The minimum absolute atomic E-state index is 0.149. The van der Waals surface area contributed by atoms with E-state index in [0.717, 1.165) is 12.5 Å². The Hall–Kier alpha value is -2.28. The smallest absolute Gasteiger partial charge is 0.0491 e. The molecule has 182 valence electrons. The number of fused-ring (bicyclic) bond motifs is 3. The first kappa shape index (κ1) is 24.8. The molecule has 0 bridgehead atoms. The van der Waals surface area contributed by atoms with Crippen molar-refractivity contribution in [1.29, 1.82) is 0 Å². The third-order valence-electron chi connectivity index (χ3n) is 8.23. The zero-order valence-corrected chi connectivity index (χ0v) is 22.5. The molecule has 4 rings (SSSR count). The van der Waals surface area contributed by atoms with E-state index in [1.807, 2.05) is 0 Å². The topological polar surface area (TPSA) is 4.93 Å². The standard InChI is InChI=1S/C33H45N/c1-9-23-19-24(10-2)25(20-23)13-11-12-18-34-30-16-14-26(32(3,4)5)21-28(30)29-22-27(33(6,7)8)15-17-31(29)34/h9-10,14-17,21-25H,1-2,11-13,18-20H2,3-8H3. The van der Waals surface area contributed by atoms with E-state index in [2.05, 4.69) is 108 Å². The zero-order valence-electron chi connectivity index (χ0n) is 22.5. The Bertz CT molecular complexity index is 1110. The molecule has 1 nitrogen and oxygen atoms in total. The van der Waals surface area contributed by atoms with Gasteiger partial charge in [0.2, 0.25) is 0 Å². The number of aryl methyl sites for hydroxylation is 1. The van der Waals surface area contributed by atoms with Gasteiger partial charge in [-0.15, -0.1) is 13.2 Å². The van der Waals surface area contributed by atoms with Gasteiger partial charge in [0.25, 0.3) is 0 Å². The highest BCUT2D eigenvalue weighted by Crippen LogP contribution is 2.41. The molecule has 2 aromatic carbocycles. The van der Waals surface area contributed by atoms with Crippen molar-refractivity contribution in [3.63, 3.8) is 0 Å². The summed E-state index contributed by atoms with van der Waals surface area (Å²) < 4.78 is 2.58. The highest BCUT2D eigenvalue weighted by atomic mass is 15.0. The minimum atomic E-state index is 0.149. The number of benzene rings is 2. The Balaban J connectivity index is 1.62. The van der Waals surface area contributed by atoms with Crippen molar-refractivity contribution in [2.75, 3.05) is 0 Å². The summed E-state index contributed by atoms with van der Waals surface area (Å²) in [5, 5.41) is 2.81. The van der Waals surface area contributed by atoms with Gasteiger partial charge in [0.15, 0.2) is 0 Å². The summed E-state index contributed by atoms with van der Waals surface area (Å²) >= 11 is 0. The third kappa shape index (κ3) is 4.90. The SMILES string of the molecule is C=CC1CC(C=C)C(CCCCn2c3ccc(C(C)(C)C)cc3c3cc(C(C)(C)C)ccc32)C1. The molecule has 0 N–H and O–H groups in total. The van der Waals surface area contributed by atoms with Crippen molar-refractivity contribution in [3.05, 3.63) is 72.8 Å². The molecule has 1 aliphatic carbocycles. The molecule has 1 fully saturated rings. The molecule has 1 aliphatic rings. The van der Waals surface area contributed by atoms with Crippen molar-refractivity contribution in [2.45, 2.75) is 91.0 Å². The largest absolute Gasteiger partial charge is 0.340 e. The maximum Gasteiger partial charge on any atom is 0.0491 e. The third-order valence-corrected chi connectivity index (χ3v) is 8.23. The van der Waals surface area contributed by atoms with Crippen molar-refractivity contribution in [1.82, 2.24) is 4.57 Å². The minimum Gasteiger partial charge on any atom is -0.340 e. The molecule has 1 saturated carbocycles. The van der Waals surface area contributed by atoms with Gasteiger partial charge in [-0.1, -0.05) is 72.2 Å². The highest BCUT2D eigenvalue weighted by Gasteiger charge is 2.30. The van der Waals surface area contributed by atoms with Crippen LogP contribution in [-0.2, 0) is 17.4 Å². The van der Waals surface area contributed by atoms with Crippen LogP contribution in [0.1, 0.15) is 84.8 Å². The molecule has 1 heteroatoms. The molecule has 0 radical (unpaired) electrons. The molecule has 0 amide bonds. The predicted molar refractivity (Wildman–Crippen MR) is 151 cm³/mol. The molecular formula is C33H45N. The number of aromatic nitrogens is 1. The summed E-state index contributed by atoms with van der Waals surface area (Å²) in [6.07, 6.45) is 10.7. The summed E-state index contributed by atoms with van der Waals surface area (Å²) in [4.78, 5) is 0. The van der Waals surface area contributed by atoms with Crippen LogP contribution in [0.15, 0.2) is 61.7 Å². The first-order valence-electron chi connectivity index (χ1n) is 13.3. The summed E-state index contributed by atoms with van der Waals surface area (Å²) in [7, 11) is 0. The Morgan fingerprint density at radius 2 is 1.35 bits per heavy atom. The highest BCUT2D eigenvalue weighted by molar-refractivity contribution is 6.08. The summed E-state index contributed by atoms with van der Waals surface area (Å²) in [6.45, 7) is 23.1. The lowest BCUT2D eigenvalue weighted by atomic mass is 9.85. The van der Waals surface area contributed by atoms with Crippen molar-refractivity contribution in [3.8, 4) is 0 Å². The monoisotopic (exact) mass is 455 g/mol. The first-order valence-corrected chi connectivity index (χ1v) is 13.3. The molecule has 0 saturated heterocycles. The van der Waals surface area contributed by atoms with Crippen molar-refractivity contribution >= 4 is 21.8 Å². The first-order chi connectivity index (χ1) is 16.0. The molecule has 1 heterocycles. The van der Waals surface area contributed by atoms with E-state index in [0.29, 0.717) is 11.8 Å². The quantitative estimate of drug-likeness (QED) is 0.247. The second-order valence-electron chi connectivity index (χ2n) is 12.7. The summed E-state index contributed by atoms with van der Waals surface area (Å²) in [6, 6.07) is 14.3. The molecule has 3 unspecified atom stereocenters. The van der Waals surface area contributed by atoms with Gasteiger partial charge in [0.05, 0.1) is 0 Å². The molecule has 0 spiro atoms. The van der Waals surface area contributed by atoms with Gasteiger partial charge in [0, 0.05) is 28.4 Å². The van der Waals surface area contributed by atoms with E-state index in [4.69, 9.17) is 0 Å². The number of hydrogen-bond acceptors (Lipinski definition) is 0. The maximum absolute atomic E-state index is 4.11. The number of allylic oxidation sites excluding steroid dienone is 2. The number of nitrogens with zero attached hydrogens (tertiary/aromatic N) is 1. The Kier molecular flexibility index (Phi) is 6.87. The van der Waals surface area contributed by atoms with Crippen LogP contribution in [0.5, 0.6) is 0 Å². The van der Waals surface area contributed by atoms with Crippen LogP contribution in [0.3, 0.4) is 0 Å². The van der Waals surface area contributed by atoms with Gasteiger partial charge in [-0.3, -0.25) is 0 Å². The predicted octanol–water partition coefficient (Wildman–Crippen LogP) is 9.57. The van der Waals surface area contributed by atoms with E-state index in [1.165, 1.54) is 65.0 Å².